The lowest BCUT2D eigenvalue weighted by Crippen LogP contribution is -2.01. The van der Waals surface area contributed by atoms with Crippen molar-refractivity contribution in [2.24, 2.45) is 0 Å². The van der Waals surface area contributed by atoms with Crippen molar-refractivity contribution < 1.29 is 4.74 Å². The predicted octanol–water partition coefficient (Wildman–Crippen LogP) is 3.34. The molecule has 0 spiro atoms. The van der Waals surface area contributed by atoms with E-state index in [1.165, 1.54) is 4.88 Å². The Labute approximate surface area is 127 Å². The van der Waals surface area contributed by atoms with Gasteiger partial charge >= 0.3 is 0 Å². The van der Waals surface area contributed by atoms with Crippen molar-refractivity contribution >= 4 is 27.9 Å². The van der Waals surface area contributed by atoms with E-state index in [0.717, 1.165) is 34.3 Å². The highest BCUT2D eigenvalue weighted by Crippen LogP contribution is 2.23. The molecule has 0 aliphatic rings. The SMILES string of the molecule is Cc1ncsc1CCOCc1ccc(N)c2cccnc12. The van der Waals surface area contributed by atoms with Crippen molar-refractivity contribution in [2.75, 3.05) is 12.3 Å². The highest BCUT2D eigenvalue weighted by molar-refractivity contribution is 7.09. The fourth-order valence-electron chi connectivity index (χ4n) is 2.28. The summed E-state index contributed by atoms with van der Waals surface area (Å²) < 4.78 is 5.79. The fourth-order valence-corrected chi connectivity index (χ4v) is 3.05. The van der Waals surface area contributed by atoms with Crippen LogP contribution in [0.4, 0.5) is 5.69 Å². The maximum atomic E-state index is 5.97. The number of anilines is 1. The second-order valence-corrected chi connectivity index (χ2v) is 5.82. The Balaban J connectivity index is 1.66. The largest absolute Gasteiger partial charge is 0.398 e. The number of ether oxygens (including phenoxy) is 1. The van der Waals surface area contributed by atoms with Gasteiger partial charge in [0.15, 0.2) is 0 Å². The number of benzene rings is 1. The van der Waals surface area contributed by atoms with E-state index >= 15 is 0 Å². The van der Waals surface area contributed by atoms with Crippen LogP contribution in [0.25, 0.3) is 10.9 Å². The lowest BCUT2D eigenvalue weighted by atomic mass is 10.1. The third kappa shape index (κ3) is 3.04. The van der Waals surface area contributed by atoms with Crippen molar-refractivity contribution in [3.63, 3.8) is 0 Å². The minimum absolute atomic E-state index is 0.547. The molecule has 0 amide bonds. The number of nitrogen functional groups attached to an aromatic ring is 1. The normalized spacial score (nSPS) is 11.1. The lowest BCUT2D eigenvalue weighted by molar-refractivity contribution is 0.125. The molecule has 3 aromatic rings. The van der Waals surface area contributed by atoms with Crippen molar-refractivity contribution in [1.29, 1.82) is 0 Å². The smallest absolute Gasteiger partial charge is 0.0797 e. The van der Waals surface area contributed by atoms with E-state index in [4.69, 9.17) is 10.5 Å². The molecule has 108 valence electrons. The minimum atomic E-state index is 0.547. The van der Waals surface area contributed by atoms with Gasteiger partial charge in [-0.3, -0.25) is 4.98 Å². The molecule has 21 heavy (non-hydrogen) atoms. The molecule has 2 heterocycles. The molecule has 2 aromatic heterocycles. The summed E-state index contributed by atoms with van der Waals surface area (Å²) in [5, 5.41) is 0.983. The maximum Gasteiger partial charge on any atom is 0.0797 e. The van der Waals surface area contributed by atoms with Crippen LogP contribution in [0.3, 0.4) is 0 Å². The van der Waals surface area contributed by atoms with E-state index in [9.17, 15) is 0 Å². The molecule has 0 aliphatic heterocycles. The molecule has 0 radical (unpaired) electrons. The van der Waals surface area contributed by atoms with Crippen LogP contribution in [0.15, 0.2) is 36.0 Å². The number of hydrogen-bond donors (Lipinski definition) is 1. The summed E-state index contributed by atoms with van der Waals surface area (Å²) in [5.74, 6) is 0. The zero-order chi connectivity index (χ0) is 14.7. The summed E-state index contributed by atoms with van der Waals surface area (Å²) in [6.07, 6.45) is 2.68. The zero-order valence-electron chi connectivity index (χ0n) is 11.9. The Bertz CT molecular complexity index is 754. The van der Waals surface area contributed by atoms with Crippen LogP contribution in [-0.4, -0.2) is 16.6 Å². The molecule has 0 saturated carbocycles. The first-order valence-corrected chi connectivity index (χ1v) is 7.72. The first-order chi connectivity index (χ1) is 10.3. The van der Waals surface area contributed by atoms with Gasteiger partial charge in [-0.2, -0.15) is 0 Å². The topological polar surface area (TPSA) is 61.0 Å². The van der Waals surface area contributed by atoms with Crippen LogP contribution < -0.4 is 5.73 Å². The average molecular weight is 299 g/mol. The van der Waals surface area contributed by atoms with Crippen molar-refractivity contribution in [1.82, 2.24) is 9.97 Å². The molecule has 0 unspecified atom stereocenters. The second-order valence-electron chi connectivity index (χ2n) is 4.88. The van der Waals surface area contributed by atoms with E-state index in [2.05, 4.69) is 9.97 Å². The number of aromatic nitrogens is 2. The van der Waals surface area contributed by atoms with Gasteiger partial charge in [0.05, 0.1) is 29.9 Å². The molecule has 0 saturated heterocycles. The lowest BCUT2D eigenvalue weighted by Gasteiger charge is -2.08. The van der Waals surface area contributed by atoms with Gasteiger partial charge in [-0.25, -0.2) is 4.98 Å². The zero-order valence-corrected chi connectivity index (χ0v) is 12.7. The molecule has 0 fully saturated rings. The highest BCUT2D eigenvalue weighted by atomic mass is 32.1. The van der Waals surface area contributed by atoms with E-state index in [1.807, 2.05) is 36.7 Å². The average Bonchev–Trinajstić information content (AvgIpc) is 2.91. The fraction of sp³-hybridized carbons (Fsp3) is 0.250. The quantitative estimate of drug-likeness (QED) is 0.580. The number of aryl methyl sites for hydroxylation is 1. The third-order valence-electron chi connectivity index (χ3n) is 3.46. The molecule has 5 heteroatoms. The summed E-state index contributed by atoms with van der Waals surface area (Å²) in [6.45, 7) is 3.26. The van der Waals surface area contributed by atoms with Crippen molar-refractivity contribution in [3.05, 3.63) is 52.1 Å². The van der Waals surface area contributed by atoms with Gasteiger partial charge in [0.1, 0.15) is 0 Å². The minimum Gasteiger partial charge on any atom is -0.398 e. The van der Waals surface area contributed by atoms with Gasteiger partial charge in [0.25, 0.3) is 0 Å². The number of nitrogens with two attached hydrogens (primary N) is 1. The molecule has 1 aromatic carbocycles. The molecule has 3 rings (SSSR count). The maximum absolute atomic E-state index is 5.97. The Hall–Kier alpha value is -1.98. The monoisotopic (exact) mass is 299 g/mol. The van der Waals surface area contributed by atoms with Crippen LogP contribution >= 0.6 is 11.3 Å². The van der Waals surface area contributed by atoms with Gasteiger partial charge < -0.3 is 10.5 Å². The van der Waals surface area contributed by atoms with Gasteiger partial charge in [0, 0.05) is 34.1 Å². The second kappa shape index (κ2) is 6.20. The van der Waals surface area contributed by atoms with Gasteiger partial charge in [0.2, 0.25) is 0 Å². The van der Waals surface area contributed by atoms with Crippen LogP contribution in [0.2, 0.25) is 0 Å². The predicted molar refractivity (Wildman–Crippen MR) is 86.4 cm³/mol. The number of fused-ring (bicyclic) bond motifs is 1. The standard InChI is InChI=1S/C16H17N3OS/c1-11-15(21-10-19-11)6-8-20-9-12-4-5-14(17)13-3-2-7-18-16(12)13/h2-5,7,10H,6,8-9,17H2,1H3. The highest BCUT2D eigenvalue weighted by Gasteiger charge is 2.06. The molecular weight excluding hydrogens is 282 g/mol. The number of rotatable bonds is 5. The molecular formula is C16H17N3OS. The molecule has 2 N–H and O–H groups in total. The summed E-state index contributed by atoms with van der Waals surface area (Å²) >= 11 is 1.68. The number of hydrogen-bond acceptors (Lipinski definition) is 5. The van der Waals surface area contributed by atoms with Crippen LogP contribution in [0.1, 0.15) is 16.1 Å². The Morgan fingerprint density at radius 1 is 1.24 bits per heavy atom. The van der Waals surface area contributed by atoms with E-state index in [1.54, 1.807) is 17.5 Å². The Kier molecular flexibility index (Phi) is 4.13. The molecule has 0 atom stereocenters. The van der Waals surface area contributed by atoms with Crippen LogP contribution in [-0.2, 0) is 17.8 Å². The Morgan fingerprint density at radius 3 is 2.95 bits per heavy atom. The van der Waals surface area contributed by atoms with E-state index in [0.29, 0.717) is 13.2 Å². The first kappa shape index (κ1) is 14.0. The molecule has 0 bridgehead atoms. The van der Waals surface area contributed by atoms with Gasteiger partial charge in [-0.1, -0.05) is 6.07 Å². The van der Waals surface area contributed by atoms with Crippen molar-refractivity contribution in [2.45, 2.75) is 20.0 Å². The van der Waals surface area contributed by atoms with Gasteiger partial charge in [-0.05, 0) is 25.1 Å². The van der Waals surface area contributed by atoms with E-state index < -0.39 is 0 Å². The number of thiazole rings is 1. The first-order valence-electron chi connectivity index (χ1n) is 6.84. The summed E-state index contributed by atoms with van der Waals surface area (Å²) in [5.41, 5.74) is 11.7. The van der Waals surface area contributed by atoms with Crippen LogP contribution in [0, 0.1) is 6.92 Å². The van der Waals surface area contributed by atoms with Crippen LogP contribution in [0.5, 0.6) is 0 Å². The third-order valence-corrected chi connectivity index (χ3v) is 4.46. The van der Waals surface area contributed by atoms with Gasteiger partial charge in [-0.15, -0.1) is 11.3 Å². The van der Waals surface area contributed by atoms with Crippen molar-refractivity contribution in [3.8, 4) is 0 Å². The summed E-state index contributed by atoms with van der Waals surface area (Å²) in [4.78, 5) is 9.95. The molecule has 4 nitrogen and oxygen atoms in total. The molecule has 0 aliphatic carbocycles. The summed E-state index contributed by atoms with van der Waals surface area (Å²) in [6, 6.07) is 7.79. The van der Waals surface area contributed by atoms with E-state index in [-0.39, 0.29) is 0 Å². The summed E-state index contributed by atoms with van der Waals surface area (Å²) in [7, 11) is 0. The Morgan fingerprint density at radius 2 is 2.14 bits per heavy atom. The number of nitrogens with zero attached hydrogens (tertiary/aromatic N) is 2. The number of pyridine rings is 1.